The SMILES string of the molecule is CCCO/C(=N\SC(C)C)c1cnccc1C(F)(F)F. The van der Waals surface area contributed by atoms with Crippen LogP contribution in [0.3, 0.4) is 0 Å². The Kier molecular flexibility index (Phi) is 6.32. The summed E-state index contributed by atoms with van der Waals surface area (Å²) < 4.78 is 48.4. The van der Waals surface area contributed by atoms with Crippen molar-refractivity contribution < 1.29 is 17.9 Å². The number of hydrogen-bond donors (Lipinski definition) is 0. The van der Waals surface area contributed by atoms with Crippen LogP contribution in [0.4, 0.5) is 13.2 Å². The maximum absolute atomic E-state index is 13.0. The van der Waals surface area contributed by atoms with E-state index in [0.717, 1.165) is 18.5 Å². The zero-order chi connectivity index (χ0) is 15.2. The number of aromatic nitrogens is 1. The zero-order valence-corrected chi connectivity index (χ0v) is 12.4. The molecule has 0 aliphatic heterocycles. The lowest BCUT2D eigenvalue weighted by molar-refractivity contribution is -0.137. The summed E-state index contributed by atoms with van der Waals surface area (Å²) in [5.41, 5.74) is -0.909. The lowest BCUT2D eigenvalue weighted by Gasteiger charge is -2.14. The number of rotatable bonds is 5. The van der Waals surface area contributed by atoms with Crippen LogP contribution in [0.25, 0.3) is 0 Å². The van der Waals surface area contributed by atoms with E-state index in [0.29, 0.717) is 13.0 Å². The van der Waals surface area contributed by atoms with Crippen molar-refractivity contribution in [1.29, 1.82) is 0 Å². The van der Waals surface area contributed by atoms with Crippen LogP contribution >= 0.6 is 11.9 Å². The van der Waals surface area contributed by atoms with Gasteiger partial charge in [0.15, 0.2) is 0 Å². The van der Waals surface area contributed by atoms with Gasteiger partial charge in [-0.15, -0.1) is 0 Å². The van der Waals surface area contributed by atoms with Crippen molar-refractivity contribution >= 4 is 17.8 Å². The first-order valence-corrected chi connectivity index (χ1v) is 7.08. The Bertz CT molecular complexity index is 461. The number of nitrogens with zero attached hydrogens (tertiary/aromatic N) is 2. The normalized spacial score (nSPS) is 12.8. The van der Waals surface area contributed by atoms with Gasteiger partial charge in [-0.05, 0) is 24.4 Å². The van der Waals surface area contributed by atoms with Gasteiger partial charge in [0, 0.05) is 17.6 Å². The van der Waals surface area contributed by atoms with E-state index in [4.69, 9.17) is 4.74 Å². The summed E-state index contributed by atoms with van der Waals surface area (Å²) in [5.74, 6) is -0.0222. The molecule has 0 atom stereocenters. The predicted octanol–water partition coefficient (Wildman–Crippen LogP) is 4.33. The van der Waals surface area contributed by atoms with Gasteiger partial charge >= 0.3 is 6.18 Å². The molecule has 0 aliphatic rings. The highest BCUT2D eigenvalue weighted by Crippen LogP contribution is 2.32. The van der Waals surface area contributed by atoms with Crippen molar-refractivity contribution in [3.05, 3.63) is 29.6 Å². The second-order valence-corrected chi connectivity index (χ2v) is 5.65. The minimum absolute atomic E-state index is 0.0222. The standard InChI is InChI=1S/C13H17F3N2OS/c1-4-7-19-12(18-20-9(2)3)10-8-17-6-5-11(10)13(14,15)16/h5-6,8-9H,4,7H2,1-3H3/b18-12-. The summed E-state index contributed by atoms with van der Waals surface area (Å²) in [7, 11) is 0. The fourth-order valence-corrected chi connectivity index (χ4v) is 1.77. The van der Waals surface area contributed by atoms with Gasteiger partial charge in [-0.25, -0.2) is 0 Å². The van der Waals surface area contributed by atoms with Crippen molar-refractivity contribution in [2.24, 2.45) is 4.40 Å². The molecule has 1 heterocycles. The first kappa shape index (κ1) is 16.8. The van der Waals surface area contributed by atoms with E-state index < -0.39 is 11.7 Å². The number of pyridine rings is 1. The molecule has 0 aromatic carbocycles. The van der Waals surface area contributed by atoms with Crippen LogP contribution in [0.2, 0.25) is 0 Å². The fourth-order valence-electron chi connectivity index (χ4n) is 1.32. The first-order chi connectivity index (χ1) is 9.36. The van der Waals surface area contributed by atoms with Gasteiger partial charge in [-0.2, -0.15) is 17.6 Å². The summed E-state index contributed by atoms with van der Waals surface area (Å²) in [6, 6.07) is 0.931. The molecule has 20 heavy (non-hydrogen) atoms. The second-order valence-electron chi connectivity index (χ2n) is 4.32. The Labute approximate surface area is 120 Å². The van der Waals surface area contributed by atoms with Crippen molar-refractivity contribution in [3.63, 3.8) is 0 Å². The minimum atomic E-state index is -4.46. The summed E-state index contributed by atoms with van der Waals surface area (Å²) >= 11 is 1.17. The third-order valence-corrected chi connectivity index (χ3v) is 2.84. The van der Waals surface area contributed by atoms with Crippen molar-refractivity contribution in [3.8, 4) is 0 Å². The van der Waals surface area contributed by atoms with E-state index in [1.807, 2.05) is 20.8 Å². The molecule has 0 radical (unpaired) electrons. The monoisotopic (exact) mass is 306 g/mol. The zero-order valence-electron chi connectivity index (χ0n) is 11.6. The van der Waals surface area contributed by atoms with Crippen LogP contribution in [0, 0.1) is 0 Å². The maximum Gasteiger partial charge on any atom is 0.417 e. The molecule has 0 unspecified atom stereocenters. The summed E-state index contributed by atoms with van der Waals surface area (Å²) in [6.45, 7) is 5.99. The largest absolute Gasteiger partial charge is 0.477 e. The van der Waals surface area contributed by atoms with E-state index in [1.165, 1.54) is 11.9 Å². The second kappa shape index (κ2) is 7.52. The molecule has 0 spiro atoms. The lowest BCUT2D eigenvalue weighted by atomic mass is 10.1. The Morgan fingerprint density at radius 1 is 1.45 bits per heavy atom. The fraction of sp³-hybridized carbons (Fsp3) is 0.538. The molecule has 0 saturated heterocycles. The number of ether oxygens (including phenoxy) is 1. The van der Waals surface area contributed by atoms with Gasteiger partial charge in [-0.1, -0.05) is 20.8 Å². The molecular weight excluding hydrogens is 289 g/mol. The molecular formula is C13H17F3N2OS. The molecule has 1 rings (SSSR count). The molecule has 112 valence electrons. The van der Waals surface area contributed by atoms with Crippen LogP contribution in [0.5, 0.6) is 0 Å². The quantitative estimate of drug-likeness (QED) is 0.461. The van der Waals surface area contributed by atoms with Crippen LogP contribution in [-0.2, 0) is 10.9 Å². The van der Waals surface area contributed by atoms with E-state index in [-0.39, 0.29) is 16.7 Å². The number of hydrogen-bond acceptors (Lipinski definition) is 4. The highest BCUT2D eigenvalue weighted by atomic mass is 32.2. The lowest BCUT2D eigenvalue weighted by Crippen LogP contribution is -2.16. The average molecular weight is 306 g/mol. The summed E-state index contributed by atoms with van der Waals surface area (Å²) in [5, 5.41) is 0.154. The smallest absolute Gasteiger partial charge is 0.417 e. The van der Waals surface area contributed by atoms with Crippen molar-refractivity contribution in [2.45, 2.75) is 38.6 Å². The molecule has 0 aliphatic carbocycles. The Hall–Kier alpha value is -1.24. The predicted molar refractivity (Wildman–Crippen MR) is 74.7 cm³/mol. The molecule has 1 aromatic heterocycles. The van der Waals surface area contributed by atoms with Gasteiger partial charge < -0.3 is 4.74 Å². The van der Waals surface area contributed by atoms with E-state index in [9.17, 15) is 13.2 Å². The van der Waals surface area contributed by atoms with Crippen molar-refractivity contribution in [2.75, 3.05) is 6.61 Å². The van der Waals surface area contributed by atoms with E-state index in [1.54, 1.807) is 0 Å². The van der Waals surface area contributed by atoms with Crippen molar-refractivity contribution in [1.82, 2.24) is 4.98 Å². The van der Waals surface area contributed by atoms with E-state index in [2.05, 4.69) is 9.38 Å². The minimum Gasteiger partial charge on any atom is -0.477 e. The van der Waals surface area contributed by atoms with E-state index >= 15 is 0 Å². The Morgan fingerprint density at radius 2 is 2.15 bits per heavy atom. The molecule has 0 bridgehead atoms. The molecule has 0 fully saturated rings. The van der Waals surface area contributed by atoms with Crippen LogP contribution in [0.1, 0.15) is 38.3 Å². The number of alkyl halides is 3. The summed E-state index contributed by atoms with van der Waals surface area (Å²) in [4.78, 5) is 3.74. The molecule has 7 heteroatoms. The first-order valence-electron chi connectivity index (χ1n) is 6.24. The topological polar surface area (TPSA) is 34.5 Å². The molecule has 0 N–H and O–H groups in total. The summed E-state index contributed by atoms with van der Waals surface area (Å²) in [6.07, 6.45) is -1.53. The van der Waals surface area contributed by atoms with Gasteiger partial charge in [-0.3, -0.25) is 4.98 Å². The van der Waals surface area contributed by atoms with Crippen LogP contribution in [0.15, 0.2) is 22.9 Å². The van der Waals surface area contributed by atoms with Gasteiger partial charge in [0.2, 0.25) is 5.90 Å². The highest BCUT2D eigenvalue weighted by molar-refractivity contribution is 7.98. The van der Waals surface area contributed by atoms with Gasteiger partial charge in [0.25, 0.3) is 0 Å². The van der Waals surface area contributed by atoms with Crippen LogP contribution in [-0.4, -0.2) is 22.7 Å². The third-order valence-electron chi connectivity index (χ3n) is 2.15. The molecule has 1 aromatic rings. The Balaban J connectivity index is 3.16. The molecule has 0 amide bonds. The van der Waals surface area contributed by atoms with Gasteiger partial charge in [0.05, 0.1) is 17.7 Å². The average Bonchev–Trinajstić information content (AvgIpc) is 2.37. The molecule has 3 nitrogen and oxygen atoms in total. The Morgan fingerprint density at radius 3 is 2.70 bits per heavy atom. The maximum atomic E-state index is 13.0. The highest BCUT2D eigenvalue weighted by Gasteiger charge is 2.35. The third kappa shape index (κ3) is 5.03. The number of halogens is 3. The van der Waals surface area contributed by atoms with Gasteiger partial charge in [0.1, 0.15) is 0 Å². The molecule has 0 saturated carbocycles. The van der Waals surface area contributed by atoms with Crippen LogP contribution < -0.4 is 0 Å².